The van der Waals surface area contributed by atoms with E-state index in [4.69, 9.17) is 0 Å². The van der Waals surface area contributed by atoms with Gasteiger partial charge in [0.25, 0.3) is 0 Å². The van der Waals surface area contributed by atoms with Crippen molar-refractivity contribution in [3.63, 3.8) is 0 Å². The van der Waals surface area contributed by atoms with E-state index in [9.17, 15) is 9.18 Å². The lowest BCUT2D eigenvalue weighted by Gasteiger charge is -2.19. The van der Waals surface area contributed by atoms with E-state index in [2.05, 4.69) is 22.5 Å². The van der Waals surface area contributed by atoms with Gasteiger partial charge in [-0.2, -0.15) is 0 Å². The number of amides is 1. The first kappa shape index (κ1) is 12.9. The first-order chi connectivity index (χ1) is 7.54. The summed E-state index contributed by atoms with van der Waals surface area (Å²) in [7, 11) is 0. The molecule has 0 unspecified atom stereocenters. The van der Waals surface area contributed by atoms with Crippen LogP contribution in [0, 0.1) is 5.82 Å². The van der Waals surface area contributed by atoms with Gasteiger partial charge >= 0.3 is 0 Å². The Kier molecular flexibility index (Phi) is 4.68. The van der Waals surface area contributed by atoms with Crippen LogP contribution in [0.5, 0.6) is 0 Å². The van der Waals surface area contributed by atoms with Crippen LogP contribution in [0.3, 0.4) is 0 Å². The molecule has 0 spiro atoms. The number of rotatable bonds is 4. The molecule has 1 aromatic carbocycles. The smallest absolute Gasteiger partial charge is 0.220 e. The molecule has 0 N–H and O–H groups in total. The van der Waals surface area contributed by atoms with Crippen molar-refractivity contribution in [2.24, 2.45) is 0 Å². The molecule has 4 heteroatoms. The molecule has 1 rings (SSSR count). The lowest BCUT2D eigenvalue weighted by molar-refractivity contribution is -0.128. The molecule has 0 aromatic heterocycles. The van der Waals surface area contributed by atoms with Gasteiger partial charge in [-0.05, 0) is 12.1 Å². The highest BCUT2D eigenvalue weighted by molar-refractivity contribution is 9.10. The van der Waals surface area contributed by atoms with Gasteiger partial charge in [-0.25, -0.2) is 4.39 Å². The topological polar surface area (TPSA) is 20.3 Å². The number of benzene rings is 1. The maximum atomic E-state index is 13.5. The highest BCUT2D eigenvalue weighted by atomic mass is 79.9. The van der Waals surface area contributed by atoms with Crippen molar-refractivity contribution in [2.45, 2.75) is 13.5 Å². The van der Waals surface area contributed by atoms with E-state index < -0.39 is 0 Å². The lowest BCUT2D eigenvalue weighted by Crippen LogP contribution is -2.28. The molecular weight excluding hydrogens is 273 g/mol. The van der Waals surface area contributed by atoms with Crippen molar-refractivity contribution in [1.82, 2.24) is 4.90 Å². The molecule has 1 amide bonds. The van der Waals surface area contributed by atoms with Crippen molar-refractivity contribution < 1.29 is 9.18 Å². The van der Waals surface area contributed by atoms with Gasteiger partial charge in [-0.3, -0.25) is 4.79 Å². The second-order valence-electron chi connectivity index (χ2n) is 3.42. The van der Waals surface area contributed by atoms with Crippen molar-refractivity contribution in [3.05, 3.63) is 46.7 Å². The van der Waals surface area contributed by atoms with Crippen LogP contribution in [-0.2, 0) is 11.3 Å². The van der Waals surface area contributed by atoms with Gasteiger partial charge in [0.05, 0.1) is 0 Å². The van der Waals surface area contributed by atoms with Gasteiger partial charge in [0.2, 0.25) is 5.91 Å². The molecule has 1 aromatic rings. The largest absolute Gasteiger partial charge is 0.335 e. The number of hydrogen-bond acceptors (Lipinski definition) is 1. The van der Waals surface area contributed by atoms with Crippen LogP contribution in [0.1, 0.15) is 12.5 Å². The van der Waals surface area contributed by atoms with E-state index in [0.29, 0.717) is 16.6 Å². The number of carbonyl (C=O) groups is 1. The van der Waals surface area contributed by atoms with Gasteiger partial charge in [0, 0.05) is 30.0 Å². The molecule has 0 heterocycles. The van der Waals surface area contributed by atoms with Crippen LogP contribution in [0.15, 0.2) is 35.3 Å². The summed E-state index contributed by atoms with van der Waals surface area (Å²) in [6, 6.07) is 4.81. The summed E-state index contributed by atoms with van der Waals surface area (Å²) < 4.78 is 14.2. The minimum atomic E-state index is -0.315. The number of halogens is 2. The van der Waals surface area contributed by atoms with E-state index in [1.54, 1.807) is 18.2 Å². The number of hydrogen-bond donors (Lipinski definition) is 0. The summed E-state index contributed by atoms with van der Waals surface area (Å²) in [6.45, 7) is 5.71. The average molecular weight is 286 g/mol. The molecule has 0 aliphatic heterocycles. The molecule has 0 aliphatic carbocycles. The fourth-order valence-corrected chi connectivity index (χ4v) is 1.65. The third kappa shape index (κ3) is 3.45. The van der Waals surface area contributed by atoms with Gasteiger partial charge in [-0.1, -0.05) is 28.1 Å². The molecule has 0 saturated heterocycles. The fourth-order valence-electron chi connectivity index (χ4n) is 1.32. The molecule has 0 fully saturated rings. The SMILES string of the molecule is C=CCN(Cc1ccc(Br)cc1F)C(C)=O. The first-order valence-corrected chi connectivity index (χ1v) is 5.64. The van der Waals surface area contributed by atoms with Gasteiger partial charge in [-0.15, -0.1) is 6.58 Å². The Hall–Kier alpha value is -1.16. The summed E-state index contributed by atoms with van der Waals surface area (Å²) in [4.78, 5) is 12.8. The summed E-state index contributed by atoms with van der Waals surface area (Å²) >= 11 is 3.19. The predicted octanol–water partition coefficient (Wildman–Crippen LogP) is 3.12. The van der Waals surface area contributed by atoms with Crippen molar-refractivity contribution >= 4 is 21.8 Å². The number of carbonyl (C=O) groups excluding carboxylic acids is 1. The summed E-state index contributed by atoms with van der Waals surface area (Å²) in [6.07, 6.45) is 1.62. The molecule has 0 radical (unpaired) electrons. The molecule has 16 heavy (non-hydrogen) atoms. The Morgan fingerprint density at radius 3 is 2.81 bits per heavy atom. The van der Waals surface area contributed by atoms with Crippen LogP contribution in [0.25, 0.3) is 0 Å². The van der Waals surface area contributed by atoms with Crippen molar-refractivity contribution in [1.29, 1.82) is 0 Å². The molecule has 0 aliphatic rings. The minimum Gasteiger partial charge on any atom is -0.335 e. The molecule has 86 valence electrons. The fraction of sp³-hybridized carbons (Fsp3) is 0.250. The zero-order valence-electron chi connectivity index (χ0n) is 9.04. The maximum absolute atomic E-state index is 13.5. The lowest BCUT2D eigenvalue weighted by atomic mass is 10.2. The summed E-state index contributed by atoms with van der Waals surface area (Å²) in [5, 5.41) is 0. The van der Waals surface area contributed by atoms with E-state index >= 15 is 0 Å². The minimum absolute atomic E-state index is 0.0952. The Labute approximate surface area is 103 Å². The van der Waals surface area contributed by atoms with Crippen molar-refractivity contribution in [3.8, 4) is 0 Å². The third-order valence-electron chi connectivity index (χ3n) is 2.17. The maximum Gasteiger partial charge on any atom is 0.220 e. The molecule has 0 bridgehead atoms. The number of nitrogens with zero attached hydrogens (tertiary/aromatic N) is 1. The first-order valence-electron chi connectivity index (χ1n) is 4.85. The van der Waals surface area contributed by atoms with Crippen LogP contribution in [0.4, 0.5) is 4.39 Å². The monoisotopic (exact) mass is 285 g/mol. The van der Waals surface area contributed by atoms with Crippen LogP contribution < -0.4 is 0 Å². The van der Waals surface area contributed by atoms with Crippen LogP contribution in [0.2, 0.25) is 0 Å². The highest BCUT2D eigenvalue weighted by Crippen LogP contribution is 2.16. The zero-order valence-corrected chi connectivity index (χ0v) is 10.6. The van der Waals surface area contributed by atoms with E-state index in [1.807, 2.05) is 0 Å². The Bertz CT molecular complexity index is 406. The van der Waals surface area contributed by atoms with E-state index in [0.717, 1.165) is 0 Å². The van der Waals surface area contributed by atoms with Gasteiger partial charge in [0.15, 0.2) is 0 Å². The Morgan fingerprint density at radius 2 is 2.31 bits per heavy atom. The second-order valence-corrected chi connectivity index (χ2v) is 4.34. The quantitative estimate of drug-likeness (QED) is 0.779. The second kappa shape index (κ2) is 5.80. The van der Waals surface area contributed by atoms with Crippen LogP contribution >= 0.6 is 15.9 Å². The van der Waals surface area contributed by atoms with E-state index in [-0.39, 0.29) is 18.3 Å². The summed E-state index contributed by atoms with van der Waals surface area (Å²) in [5.74, 6) is -0.410. The molecule has 0 saturated carbocycles. The zero-order chi connectivity index (χ0) is 12.1. The molecule has 0 atom stereocenters. The van der Waals surface area contributed by atoms with Crippen LogP contribution in [-0.4, -0.2) is 17.4 Å². The summed E-state index contributed by atoms with van der Waals surface area (Å²) in [5.41, 5.74) is 0.500. The Morgan fingerprint density at radius 1 is 1.62 bits per heavy atom. The molecular formula is C12H13BrFNO. The standard InChI is InChI=1S/C12H13BrFNO/c1-3-6-15(9(2)16)8-10-4-5-11(13)7-12(10)14/h3-5,7H,1,6,8H2,2H3. The van der Waals surface area contributed by atoms with Crippen molar-refractivity contribution in [2.75, 3.05) is 6.54 Å². The van der Waals surface area contributed by atoms with Gasteiger partial charge in [0.1, 0.15) is 5.82 Å². The predicted molar refractivity (Wildman–Crippen MR) is 65.4 cm³/mol. The molecule has 2 nitrogen and oxygen atoms in total. The van der Waals surface area contributed by atoms with Gasteiger partial charge < -0.3 is 4.90 Å². The van der Waals surface area contributed by atoms with E-state index in [1.165, 1.54) is 17.9 Å². The third-order valence-corrected chi connectivity index (χ3v) is 2.66. The highest BCUT2D eigenvalue weighted by Gasteiger charge is 2.10. The normalized spacial score (nSPS) is 9.94. The Balaban J connectivity index is 2.84. The average Bonchev–Trinajstić information content (AvgIpc) is 2.20.